The molecule has 0 unspecified atom stereocenters. The zero-order valence-electron chi connectivity index (χ0n) is 6.37. The lowest BCUT2D eigenvalue weighted by atomic mass is 10.3. The highest BCUT2D eigenvalue weighted by Gasteiger charge is 2.05. The van der Waals surface area contributed by atoms with E-state index in [2.05, 4.69) is 26.1 Å². The summed E-state index contributed by atoms with van der Waals surface area (Å²) in [4.78, 5) is 0. The molecule has 0 aliphatic heterocycles. The van der Waals surface area contributed by atoms with Crippen molar-refractivity contribution in [3.63, 3.8) is 0 Å². The largest absolute Gasteiger partial charge is 0.448 e. The SMILES string of the molecule is Clc1cnnc(-c2ccc(Br)o2)c1. The van der Waals surface area contributed by atoms with E-state index in [0.717, 1.165) is 0 Å². The Kier molecular flexibility index (Phi) is 2.33. The minimum Gasteiger partial charge on any atom is -0.448 e. The predicted molar refractivity (Wildman–Crippen MR) is 52.4 cm³/mol. The van der Waals surface area contributed by atoms with Crippen LogP contribution in [0.15, 0.2) is 33.5 Å². The van der Waals surface area contributed by atoms with Gasteiger partial charge in [0.05, 0.1) is 11.2 Å². The van der Waals surface area contributed by atoms with Crippen LogP contribution >= 0.6 is 27.5 Å². The first-order chi connectivity index (χ1) is 6.25. The number of aromatic nitrogens is 2. The lowest BCUT2D eigenvalue weighted by molar-refractivity contribution is 0.552. The summed E-state index contributed by atoms with van der Waals surface area (Å²) < 4.78 is 5.94. The minimum absolute atomic E-state index is 0.539. The molecule has 0 radical (unpaired) electrons. The fourth-order valence-electron chi connectivity index (χ4n) is 0.915. The maximum absolute atomic E-state index is 5.75. The summed E-state index contributed by atoms with van der Waals surface area (Å²) in [6.07, 6.45) is 1.48. The van der Waals surface area contributed by atoms with E-state index in [9.17, 15) is 0 Å². The number of hydrogen-bond acceptors (Lipinski definition) is 3. The normalized spacial score (nSPS) is 10.3. The molecule has 0 saturated heterocycles. The van der Waals surface area contributed by atoms with Crippen molar-refractivity contribution in [2.24, 2.45) is 0 Å². The first-order valence-electron chi connectivity index (χ1n) is 3.49. The Morgan fingerprint density at radius 2 is 2.23 bits per heavy atom. The molecule has 2 aromatic rings. The van der Waals surface area contributed by atoms with Gasteiger partial charge in [-0.25, -0.2) is 0 Å². The van der Waals surface area contributed by atoms with Gasteiger partial charge in [-0.2, -0.15) is 5.10 Å². The van der Waals surface area contributed by atoms with Crippen LogP contribution in [0.4, 0.5) is 0 Å². The molecule has 0 amide bonds. The number of rotatable bonds is 1. The molecule has 0 fully saturated rings. The maximum atomic E-state index is 5.75. The monoisotopic (exact) mass is 258 g/mol. The van der Waals surface area contributed by atoms with Gasteiger partial charge in [0.15, 0.2) is 10.4 Å². The first kappa shape index (κ1) is 8.72. The van der Waals surface area contributed by atoms with Crippen molar-refractivity contribution < 1.29 is 4.42 Å². The highest BCUT2D eigenvalue weighted by molar-refractivity contribution is 9.10. The summed E-state index contributed by atoms with van der Waals surface area (Å²) in [7, 11) is 0. The van der Waals surface area contributed by atoms with Gasteiger partial charge in [0.1, 0.15) is 5.69 Å². The molecular formula is C8H4BrClN2O. The van der Waals surface area contributed by atoms with Crippen LogP contribution in [0.3, 0.4) is 0 Å². The van der Waals surface area contributed by atoms with Gasteiger partial charge in [-0.15, -0.1) is 5.10 Å². The fourth-order valence-corrected chi connectivity index (χ4v) is 1.37. The standard InChI is InChI=1S/C8H4BrClN2O/c9-8-2-1-7(13-8)6-3-5(10)4-11-12-6/h1-4H. The second-order valence-electron chi connectivity index (χ2n) is 2.36. The lowest BCUT2D eigenvalue weighted by Crippen LogP contribution is -1.84. The van der Waals surface area contributed by atoms with Gasteiger partial charge in [0.2, 0.25) is 0 Å². The molecule has 2 heterocycles. The van der Waals surface area contributed by atoms with Crippen molar-refractivity contribution >= 4 is 27.5 Å². The fraction of sp³-hybridized carbons (Fsp3) is 0. The average molecular weight is 259 g/mol. The van der Waals surface area contributed by atoms with Crippen molar-refractivity contribution in [3.05, 3.63) is 34.1 Å². The molecule has 0 N–H and O–H groups in total. The average Bonchev–Trinajstić information content (AvgIpc) is 2.52. The third-order valence-electron chi connectivity index (χ3n) is 1.45. The molecule has 66 valence electrons. The zero-order chi connectivity index (χ0) is 9.26. The molecule has 2 aromatic heterocycles. The molecule has 0 spiro atoms. The Balaban J connectivity index is 2.46. The van der Waals surface area contributed by atoms with Crippen molar-refractivity contribution in [1.29, 1.82) is 0 Å². The summed E-state index contributed by atoms with van der Waals surface area (Å²) >= 11 is 8.95. The van der Waals surface area contributed by atoms with Crippen molar-refractivity contribution in [2.75, 3.05) is 0 Å². The predicted octanol–water partition coefficient (Wildman–Crippen LogP) is 3.15. The molecule has 2 rings (SSSR count). The summed E-state index contributed by atoms with van der Waals surface area (Å²) in [6, 6.07) is 5.28. The van der Waals surface area contributed by atoms with Crippen LogP contribution in [0.5, 0.6) is 0 Å². The third kappa shape index (κ3) is 1.89. The van der Waals surface area contributed by atoms with E-state index in [1.165, 1.54) is 6.20 Å². The molecule has 0 aliphatic carbocycles. The number of nitrogens with zero attached hydrogens (tertiary/aromatic N) is 2. The highest BCUT2D eigenvalue weighted by Crippen LogP contribution is 2.24. The van der Waals surface area contributed by atoms with Crippen molar-refractivity contribution in [3.8, 4) is 11.5 Å². The molecule has 3 nitrogen and oxygen atoms in total. The van der Waals surface area contributed by atoms with Gasteiger partial charge >= 0.3 is 0 Å². The van der Waals surface area contributed by atoms with Gasteiger partial charge in [-0.3, -0.25) is 0 Å². The Morgan fingerprint density at radius 3 is 2.85 bits per heavy atom. The van der Waals surface area contributed by atoms with Gasteiger partial charge in [-0.1, -0.05) is 11.6 Å². The van der Waals surface area contributed by atoms with Gasteiger partial charge < -0.3 is 4.42 Å². The van der Waals surface area contributed by atoms with E-state index in [1.54, 1.807) is 18.2 Å². The molecule has 0 bridgehead atoms. The van der Waals surface area contributed by atoms with Gasteiger partial charge in [0.25, 0.3) is 0 Å². The Bertz CT molecular complexity index is 430. The van der Waals surface area contributed by atoms with E-state index >= 15 is 0 Å². The maximum Gasteiger partial charge on any atom is 0.169 e. The highest BCUT2D eigenvalue weighted by atomic mass is 79.9. The second-order valence-corrected chi connectivity index (χ2v) is 3.58. The quantitative estimate of drug-likeness (QED) is 0.790. The molecule has 5 heteroatoms. The second kappa shape index (κ2) is 3.47. The van der Waals surface area contributed by atoms with Gasteiger partial charge in [-0.05, 0) is 34.1 Å². The van der Waals surface area contributed by atoms with Crippen LogP contribution in [0.2, 0.25) is 5.02 Å². The van der Waals surface area contributed by atoms with Crippen LogP contribution in [-0.4, -0.2) is 10.2 Å². The molecule has 0 atom stereocenters. The molecule has 0 aliphatic rings. The summed E-state index contributed by atoms with van der Waals surface area (Å²) in [5, 5.41) is 8.13. The minimum atomic E-state index is 0.539. The van der Waals surface area contributed by atoms with E-state index in [1.807, 2.05) is 0 Å². The summed E-state index contributed by atoms with van der Waals surface area (Å²) in [5.74, 6) is 0.641. The number of furan rings is 1. The molecule has 0 aromatic carbocycles. The molecular weight excluding hydrogens is 255 g/mol. The van der Waals surface area contributed by atoms with Crippen molar-refractivity contribution in [1.82, 2.24) is 10.2 Å². The lowest BCUT2D eigenvalue weighted by Gasteiger charge is -1.93. The zero-order valence-corrected chi connectivity index (χ0v) is 8.71. The molecule has 13 heavy (non-hydrogen) atoms. The summed E-state index contributed by atoms with van der Waals surface area (Å²) in [5.41, 5.74) is 0.623. The van der Waals surface area contributed by atoms with Crippen LogP contribution in [0.25, 0.3) is 11.5 Å². The third-order valence-corrected chi connectivity index (χ3v) is 2.08. The van der Waals surface area contributed by atoms with Gasteiger partial charge in [0, 0.05) is 0 Å². The Labute approximate surface area is 87.9 Å². The topological polar surface area (TPSA) is 38.9 Å². The van der Waals surface area contributed by atoms with Crippen LogP contribution in [-0.2, 0) is 0 Å². The van der Waals surface area contributed by atoms with Crippen LogP contribution < -0.4 is 0 Å². The molecule has 0 saturated carbocycles. The first-order valence-corrected chi connectivity index (χ1v) is 4.67. The summed E-state index contributed by atoms with van der Waals surface area (Å²) in [6.45, 7) is 0. The smallest absolute Gasteiger partial charge is 0.169 e. The van der Waals surface area contributed by atoms with E-state index < -0.39 is 0 Å². The van der Waals surface area contributed by atoms with E-state index in [4.69, 9.17) is 16.0 Å². The van der Waals surface area contributed by atoms with E-state index in [0.29, 0.717) is 21.1 Å². The van der Waals surface area contributed by atoms with Crippen molar-refractivity contribution in [2.45, 2.75) is 0 Å². The Morgan fingerprint density at radius 1 is 1.38 bits per heavy atom. The van der Waals surface area contributed by atoms with Crippen LogP contribution in [0.1, 0.15) is 0 Å². The van der Waals surface area contributed by atoms with E-state index in [-0.39, 0.29) is 0 Å². The number of hydrogen-bond donors (Lipinski definition) is 0. The van der Waals surface area contributed by atoms with Crippen LogP contribution in [0, 0.1) is 0 Å². The Hall–Kier alpha value is -0.870. The number of halogens is 2.